The van der Waals surface area contributed by atoms with Gasteiger partial charge in [0.25, 0.3) is 0 Å². The van der Waals surface area contributed by atoms with Crippen molar-refractivity contribution in [3.05, 3.63) is 59.7 Å². The first-order valence-electron chi connectivity index (χ1n) is 11.9. The lowest BCUT2D eigenvalue weighted by Crippen LogP contribution is -2.43. The van der Waals surface area contributed by atoms with Crippen molar-refractivity contribution in [2.45, 2.75) is 32.2 Å². The number of hydrogen-bond acceptors (Lipinski definition) is 6. The van der Waals surface area contributed by atoms with Gasteiger partial charge in [-0.15, -0.1) is 10.2 Å². The molecule has 5 rings (SSSR count). The van der Waals surface area contributed by atoms with Crippen LogP contribution < -0.4 is 10.2 Å². The van der Waals surface area contributed by atoms with Crippen molar-refractivity contribution in [2.24, 2.45) is 5.92 Å². The lowest BCUT2D eigenvalue weighted by molar-refractivity contribution is -0.125. The van der Waals surface area contributed by atoms with E-state index in [0.29, 0.717) is 5.82 Å². The van der Waals surface area contributed by atoms with Gasteiger partial charge >= 0.3 is 0 Å². The van der Waals surface area contributed by atoms with Crippen molar-refractivity contribution in [3.8, 4) is 11.4 Å². The highest BCUT2D eigenvalue weighted by Crippen LogP contribution is 2.25. The Hall–Kier alpha value is -3.26. The number of nitrogens with one attached hydrogen (secondary N) is 2. The van der Waals surface area contributed by atoms with Crippen molar-refractivity contribution < 1.29 is 4.79 Å². The number of H-pyrrole nitrogens is 1. The summed E-state index contributed by atoms with van der Waals surface area (Å²) in [5, 5.41) is 17.3. The second-order valence-electron chi connectivity index (χ2n) is 9.01. The maximum atomic E-state index is 12.8. The fraction of sp³-hybridized carbons (Fsp3) is 0.440. The van der Waals surface area contributed by atoms with Crippen LogP contribution in [0.15, 0.2) is 48.5 Å². The molecular formula is C25H31N7O. The molecule has 3 heterocycles. The Kier molecular flexibility index (Phi) is 6.62. The summed E-state index contributed by atoms with van der Waals surface area (Å²) < 4.78 is 0. The van der Waals surface area contributed by atoms with Gasteiger partial charge in [0.1, 0.15) is 0 Å². The quantitative estimate of drug-likeness (QED) is 0.544. The highest BCUT2D eigenvalue weighted by atomic mass is 16.1. The summed E-state index contributed by atoms with van der Waals surface area (Å²) in [6.45, 7) is 5.63. The molecule has 0 bridgehead atoms. The minimum Gasteiger partial charge on any atom is -0.371 e. The zero-order valence-corrected chi connectivity index (χ0v) is 18.9. The average molecular weight is 446 g/mol. The number of aromatic amines is 1. The number of nitrogens with zero attached hydrogens (tertiary/aromatic N) is 5. The molecule has 1 amide bonds. The number of piperidine rings is 1. The highest BCUT2D eigenvalue weighted by Gasteiger charge is 2.26. The van der Waals surface area contributed by atoms with E-state index < -0.39 is 0 Å². The van der Waals surface area contributed by atoms with E-state index in [-0.39, 0.29) is 11.8 Å². The van der Waals surface area contributed by atoms with Crippen LogP contribution in [0.25, 0.3) is 11.4 Å². The molecular weight excluding hydrogens is 414 g/mol. The second kappa shape index (κ2) is 10.1. The van der Waals surface area contributed by atoms with Crippen LogP contribution >= 0.6 is 0 Å². The van der Waals surface area contributed by atoms with E-state index in [1.807, 2.05) is 12.1 Å². The van der Waals surface area contributed by atoms with Gasteiger partial charge in [-0.1, -0.05) is 24.3 Å². The van der Waals surface area contributed by atoms with Crippen molar-refractivity contribution in [1.82, 2.24) is 30.8 Å². The Morgan fingerprint density at radius 1 is 1.09 bits per heavy atom. The van der Waals surface area contributed by atoms with Crippen molar-refractivity contribution in [1.29, 1.82) is 0 Å². The van der Waals surface area contributed by atoms with E-state index in [0.717, 1.165) is 76.2 Å². The van der Waals surface area contributed by atoms with Crippen LogP contribution in [0.3, 0.4) is 0 Å². The van der Waals surface area contributed by atoms with E-state index in [1.165, 1.54) is 11.1 Å². The Labute approximate surface area is 194 Å². The largest absolute Gasteiger partial charge is 0.371 e. The van der Waals surface area contributed by atoms with Crippen LogP contribution in [0, 0.1) is 5.92 Å². The molecule has 1 fully saturated rings. The standard InChI is InChI=1S/C25H31N7O/c33-25(26-13-4-14-31-16-12-19-5-1-2-6-21(19)17-31)22-7-3-15-32(18-22)23-10-8-20(9-11-23)24-27-29-30-28-24/h1-2,5-6,8-11,22H,3-4,7,12-18H2,(H,26,33)(H,27,28,29,30). The molecule has 33 heavy (non-hydrogen) atoms. The average Bonchev–Trinajstić information content (AvgIpc) is 3.42. The molecule has 8 heteroatoms. The van der Waals surface area contributed by atoms with Crippen molar-refractivity contribution in [2.75, 3.05) is 37.6 Å². The second-order valence-corrected chi connectivity index (χ2v) is 9.01. The van der Waals surface area contributed by atoms with E-state index in [1.54, 1.807) is 0 Å². The molecule has 1 atom stereocenters. The number of amides is 1. The number of carbonyl (C=O) groups is 1. The van der Waals surface area contributed by atoms with Gasteiger partial charge in [0, 0.05) is 50.5 Å². The molecule has 2 aliphatic rings. The minimum absolute atomic E-state index is 0.0393. The predicted octanol–water partition coefficient (Wildman–Crippen LogP) is 2.65. The Bertz CT molecular complexity index is 1050. The Balaban J connectivity index is 1.07. The molecule has 2 aromatic carbocycles. The normalized spacial score (nSPS) is 18.7. The molecule has 1 unspecified atom stereocenters. The van der Waals surface area contributed by atoms with Crippen LogP contribution in [0.1, 0.15) is 30.4 Å². The fourth-order valence-electron chi connectivity index (χ4n) is 4.93. The predicted molar refractivity (Wildman–Crippen MR) is 128 cm³/mol. The number of anilines is 1. The van der Waals surface area contributed by atoms with Gasteiger partial charge in [0.2, 0.25) is 11.7 Å². The zero-order valence-electron chi connectivity index (χ0n) is 18.9. The van der Waals surface area contributed by atoms with Crippen LogP contribution in [0.4, 0.5) is 5.69 Å². The van der Waals surface area contributed by atoms with Crippen molar-refractivity contribution >= 4 is 11.6 Å². The Morgan fingerprint density at radius 3 is 2.76 bits per heavy atom. The lowest BCUT2D eigenvalue weighted by atomic mass is 9.96. The van der Waals surface area contributed by atoms with E-state index >= 15 is 0 Å². The number of tetrazole rings is 1. The zero-order chi connectivity index (χ0) is 22.5. The van der Waals surface area contributed by atoms with Gasteiger partial charge in [0.15, 0.2) is 0 Å². The van der Waals surface area contributed by atoms with Crippen molar-refractivity contribution in [3.63, 3.8) is 0 Å². The molecule has 2 N–H and O–H groups in total. The van der Waals surface area contributed by atoms with Crippen LogP contribution in [-0.4, -0.2) is 64.2 Å². The van der Waals surface area contributed by atoms with Crippen LogP contribution in [0.2, 0.25) is 0 Å². The highest BCUT2D eigenvalue weighted by molar-refractivity contribution is 5.79. The lowest BCUT2D eigenvalue weighted by Gasteiger charge is -2.34. The first-order chi connectivity index (χ1) is 16.3. The first kappa shape index (κ1) is 21.6. The summed E-state index contributed by atoms with van der Waals surface area (Å²) in [4.78, 5) is 17.6. The molecule has 8 nitrogen and oxygen atoms in total. The first-order valence-corrected chi connectivity index (χ1v) is 11.9. The Morgan fingerprint density at radius 2 is 1.94 bits per heavy atom. The smallest absolute Gasteiger partial charge is 0.224 e. The topological polar surface area (TPSA) is 90.0 Å². The van der Waals surface area contributed by atoms with E-state index in [9.17, 15) is 4.79 Å². The summed E-state index contributed by atoms with van der Waals surface area (Å²) in [5.74, 6) is 0.816. The molecule has 0 radical (unpaired) electrons. The van der Waals surface area contributed by atoms with Crippen LogP contribution in [-0.2, 0) is 17.8 Å². The SMILES string of the molecule is O=C(NCCCN1CCc2ccccc2C1)C1CCCN(c2ccc(-c3nn[nH]n3)cc2)C1. The monoisotopic (exact) mass is 445 g/mol. The minimum atomic E-state index is 0.0393. The molecule has 0 spiro atoms. The van der Waals surface area contributed by atoms with Gasteiger partial charge in [-0.2, -0.15) is 5.21 Å². The summed E-state index contributed by atoms with van der Waals surface area (Å²) in [5.41, 5.74) is 4.98. The number of carbonyl (C=O) groups excluding carboxylic acids is 1. The molecule has 0 saturated carbocycles. The number of benzene rings is 2. The third kappa shape index (κ3) is 5.22. The van der Waals surface area contributed by atoms with Gasteiger partial charge in [-0.25, -0.2) is 0 Å². The summed E-state index contributed by atoms with van der Waals surface area (Å²) in [7, 11) is 0. The van der Waals surface area contributed by atoms with Gasteiger partial charge in [-0.05, 0) is 66.3 Å². The molecule has 172 valence electrons. The maximum Gasteiger partial charge on any atom is 0.224 e. The summed E-state index contributed by atoms with van der Waals surface area (Å²) in [6, 6.07) is 16.9. The molecule has 1 saturated heterocycles. The van der Waals surface area contributed by atoms with E-state index in [4.69, 9.17) is 0 Å². The van der Waals surface area contributed by atoms with Crippen LogP contribution in [0.5, 0.6) is 0 Å². The summed E-state index contributed by atoms with van der Waals surface area (Å²) >= 11 is 0. The van der Waals surface area contributed by atoms with Gasteiger partial charge in [0.05, 0.1) is 5.92 Å². The van der Waals surface area contributed by atoms with Gasteiger partial charge < -0.3 is 10.2 Å². The number of hydrogen-bond donors (Lipinski definition) is 2. The third-order valence-corrected chi connectivity index (χ3v) is 6.79. The molecule has 2 aliphatic heterocycles. The summed E-state index contributed by atoms with van der Waals surface area (Å²) in [6.07, 6.45) is 4.09. The number of fused-ring (bicyclic) bond motifs is 1. The number of rotatable bonds is 7. The molecule has 1 aromatic heterocycles. The number of aromatic nitrogens is 4. The molecule has 0 aliphatic carbocycles. The molecule has 3 aromatic rings. The fourth-order valence-corrected chi connectivity index (χ4v) is 4.93. The maximum absolute atomic E-state index is 12.8. The van der Waals surface area contributed by atoms with Gasteiger partial charge in [-0.3, -0.25) is 9.69 Å². The van der Waals surface area contributed by atoms with E-state index in [2.05, 4.69) is 72.1 Å². The third-order valence-electron chi connectivity index (χ3n) is 6.79.